The number of hydrogen-bond acceptors (Lipinski definition) is 3. The fraction of sp³-hybridized carbons (Fsp3) is 0.545. The average Bonchev–Trinajstić information content (AvgIpc) is 2.56. The molecule has 1 aliphatic heterocycles. The summed E-state index contributed by atoms with van der Waals surface area (Å²) in [6.45, 7) is 1.53. The maximum atomic E-state index is 11.6. The predicted molar refractivity (Wildman–Crippen MR) is 66.8 cm³/mol. The smallest absolute Gasteiger partial charge is 0.237 e. The van der Waals surface area contributed by atoms with Crippen molar-refractivity contribution in [2.45, 2.75) is 31.8 Å². The van der Waals surface area contributed by atoms with Crippen molar-refractivity contribution in [3.63, 3.8) is 0 Å². The van der Waals surface area contributed by atoms with Gasteiger partial charge < -0.3 is 10.6 Å². The molecule has 1 amide bonds. The van der Waals surface area contributed by atoms with Crippen LogP contribution >= 0.6 is 22.9 Å². The largest absolute Gasteiger partial charge is 0.355 e. The molecule has 0 radical (unpaired) electrons. The molecular formula is C11H15ClN2OS. The van der Waals surface area contributed by atoms with Gasteiger partial charge in [0.05, 0.1) is 10.4 Å². The van der Waals surface area contributed by atoms with E-state index < -0.39 is 0 Å². The summed E-state index contributed by atoms with van der Waals surface area (Å²) in [4.78, 5) is 12.8. The van der Waals surface area contributed by atoms with Gasteiger partial charge in [0.1, 0.15) is 0 Å². The van der Waals surface area contributed by atoms with Crippen LogP contribution in [0.5, 0.6) is 0 Å². The number of carbonyl (C=O) groups excluding carboxylic acids is 1. The Hall–Kier alpha value is -0.580. The van der Waals surface area contributed by atoms with Gasteiger partial charge in [-0.15, -0.1) is 11.3 Å². The van der Waals surface area contributed by atoms with Crippen LogP contribution in [0, 0.1) is 0 Å². The number of halogens is 1. The summed E-state index contributed by atoms with van der Waals surface area (Å²) < 4.78 is 0.794. The molecule has 1 saturated heterocycles. The number of nitrogens with one attached hydrogen (secondary N) is 2. The fourth-order valence-corrected chi connectivity index (χ4v) is 2.84. The third-order valence-corrected chi connectivity index (χ3v) is 3.92. The summed E-state index contributed by atoms with van der Waals surface area (Å²) in [5.74, 6) is 0.125. The maximum absolute atomic E-state index is 11.6. The molecule has 1 aromatic rings. The van der Waals surface area contributed by atoms with E-state index in [4.69, 9.17) is 11.6 Å². The second-order valence-corrected chi connectivity index (χ2v) is 5.73. The molecule has 0 spiro atoms. The molecule has 5 heteroatoms. The summed E-state index contributed by atoms with van der Waals surface area (Å²) in [5.41, 5.74) is 0. The second kappa shape index (κ2) is 5.66. The molecule has 1 fully saturated rings. The molecular weight excluding hydrogens is 244 g/mol. The summed E-state index contributed by atoms with van der Waals surface area (Å²) in [7, 11) is 0. The molecule has 2 N–H and O–H groups in total. The van der Waals surface area contributed by atoms with Gasteiger partial charge >= 0.3 is 0 Å². The molecule has 0 aromatic carbocycles. The number of hydrogen-bond donors (Lipinski definition) is 2. The van der Waals surface area contributed by atoms with Crippen molar-refractivity contribution in [3.8, 4) is 0 Å². The lowest BCUT2D eigenvalue weighted by Gasteiger charge is -2.14. The number of thiophene rings is 1. The van der Waals surface area contributed by atoms with Gasteiger partial charge in [-0.1, -0.05) is 11.6 Å². The molecule has 1 aromatic heterocycles. The zero-order valence-electron chi connectivity index (χ0n) is 8.96. The van der Waals surface area contributed by atoms with E-state index in [1.54, 1.807) is 11.3 Å². The summed E-state index contributed by atoms with van der Waals surface area (Å²) in [6, 6.07) is 3.83. The molecule has 1 atom stereocenters. The summed E-state index contributed by atoms with van der Waals surface area (Å²) in [5, 5.41) is 6.19. The van der Waals surface area contributed by atoms with Gasteiger partial charge in [-0.3, -0.25) is 4.79 Å². The number of amides is 1. The van der Waals surface area contributed by atoms with E-state index in [1.165, 1.54) is 4.88 Å². The van der Waals surface area contributed by atoms with E-state index in [2.05, 4.69) is 10.6 Å². The van der Waals surface area contributed by atoms with Gasteiger partial charge in [0.15, 0.2) is 0 Å². The van der Waals surface area contributed by atoms with E-state index in [1.807, 2.05) is 12.1 Å². The van der Waals surface area contributed by atoms with Crippen molar-refractivity contribution < 1.29 is 4.79 Å². The van der Waals surface area contributed by atoms with Crippen LogP contribution in [0.3, 0.4) is 0 Å². The molecule has 16 heavy (non-hydrogen) atoms. The molecule has 3 nitrogen and oxygen atoms in total. The van der Waals surface area contributed by atoms with E-state index in [9.17, 15) is 4.79 Å². The predicted octanol–water partition coefficient (Wildman–Crippen LogP) is 2.16. The highest BCUT2D eigenvalue weighted by Gasteiger charge is 2.19. The Morgan fingerprint density at radius 1 is 1.50 bits per heavy atom. The monoisotopic (exact) mass is 258 g/mol. The summed E-state index contributed by atoms with van der Waals surface area (Å²) in [6.07, 6.45) is 3.10. The molecule has 88 valence electrons. The molecule has 1 aliphatic rings. The van der Waals surface area contributed by atoms with Crippen LogP contribution in [0.25, 0.3) is 0 Å². The first kappa shape index (κ1) is 11.9. The lowest BCUT2D eigenvalue weighted by Crippen LogP contribution is -2.42. The Morgan fingerprint density at radius 3 is 3.12 bits per heavy atom. The van der Waals surface area contributed by atoms with E-state index in [0.29, 0.717) is 0 Å². The van der Waals surface area contributed by atoms with Gasteiger partial charge in [0, 0.05) is 18.0 Å². The highest BCUT2D eigenvalue weighted by molar-refractivity contribution is 7.16. The Bertz CT molecular complexity index is 367. The normalized spacial score (nSPS) is 21.6. The van der Waals surface area contributed by atoms with Crippen LogP contribution < -0.4 is 10.6 Å². The van der Waals surface area contributed by atoms with Crippen LogP contribution in [-0.4, -0.2) is 18.5 Å². The van der Waals surface area contributed by atoms with Crippen LogP contribution in [0.2, 0.25) is 4.34 Å². The molecule has 0 saturated carbocycles. The first-order chi connectivity index (χ1) is 7.75. The molecule has 2 heterocycles. The lowest BCUT2D eigenvalue weighted by atomic mass is 10.1. The van der Waals surface area contributed by atoms with Crippen molar-refractivity contribution >= 4 is 28.8 Å². The Morgan fingerprint density at radius 2 is 2.38 bits per heavy atom. The Balaban J connectivity index is 1.86. The van der Waals surface area contributed by atoms with Crippen LogP contribution in [0.4, 0.5) is 0 Å². The van der Waals surface area contributed by atoms with Gasteiger partial charge in [-0.25, -0.2) is 0 Å². The number of carbonyl (C=O) groups is 1. The third kappa shape index (κ3) is 3.20. The third-order valence-electron chi connectivity index (χ3n) is 2.69. The van der Waals surface area contributed by atoms with Crippen molar-refractivity contribution in [1.29, 1.82) is 0 Å². The molecule has 2 rings (SSSR count). The van der Waals surface area contributed by atoms with Gasteiger partial charge in [0.2, 0.25) is 5.91 Å². The van der Waals surface area contributed by atoms with Crippen molar-refractivity contribution in [2.24, 2.45) is 0 Å². The van der Waals surface area contributed by atoms with E-state index in [-0.39, 0.29) is 11.9 Å². The van der Waals surface area contributed by atoms with E-state index >= 15 is 0 Å². The molecule has 0 bridgehead atoms. The highest BCUT2D eigenvalue weighted by Crippen LogP contribution is 2.21. The van der Waals surface area contributed by atoms with E-state index in [0.717, 1.165) is 36.7 Å². The first-order valence-electron chi connectivity index (χ1n) is 5.51. The van der Waals surface area contributed by atoms with Crippen LogP contribution in [-0.2, 0) is 11.3 Å². The molecule has 0 aliphatic carbocycles. The lowest BCUT2D eigenvalue weighted by molar-refractivity contribution is -0.122. The number of rotatable bonds is 3. The molecule has 1 unspecified atom stereocenters. The van der Waals surface area contributed by atoms with Crippen molar-refractivity contribution in [1.82, 2.24) is 10.6 Å². The second-order valence-electron chi connectivity index (χ2n) is 3.93. The average molecular weight is 259 g/mol. The van der Waals surface area contributed by atoms with Crippen molar-refractivity contribution in [3.05, 3.63) is 21.3 Å². The first-order valence-corrected chi connectivity index (χ1v) is 6.70. The van der Waals surface area contributed by atoms with Gasteiger partial charge in [-0.2, -0.15) is 0 Å². The SMILES string of the molecule is O=C1NCCCCC1NCc1ccc(Cl)s1. The minimum atomic E-state index is -0.0524. The van der Waals surface area contributed by atoms with Crippen molar-refractivity contribution in [2.75, 3.05) is 6.54 Å². The minimum absolute atomic E-state index is 0.0524. The Labute approximate surface area is 104 Å². The van der Waals surface area contributed by atoms with Crippen LogP contribution in [0.1, 0.15) is 24.1 Å². The zero-order valence-corrected chi connectivity index (χ0v) is 10.5. The zero-order chi connectivity index (χ0) is 11.4. The topological polar surface area (TPSA) is 41.1 Å². The van der Waals surface area contributed by atoms with Gasteiger partial charge in [0.25, 0.3) is 0 Å². The standard InChI is InChI=1S/C11H15ClN2OS/c12-10-5-4-8(16-10)7-14-9-3-1-2-6-13-11(9)15/h4-5,9,14H,1-3,6-7H2,(H,13,15). The quantitative estimate of drug-likeness (QED) is 0.872. The summed E-state index contributed by atoms with van der Waals surface area (Å²) >= 11 is 7.40. The maximum Gasteiger partial charge on any atom is 0.237 e. The van der Waals surface area contributed by atoms with Gasteiger partial charge in [-0.05, 0) is 31.4 Å². The Kier molecular flexibility index (Phi) is 4.21. The van der Waals surface area contributed by atoms with Crippen LogP contribution in [0.15, 0.2) is 12.1 Å². The minimum Gasteiger partial charge on any atom is -0.355 e. The highest BCUT2D eigenvalue weighted by atomic mass is 35.5. The fourth-order valence-electron chi connectivity index (χ4n) is 1.80.